The van der Waals surface area contributed by atoms with Gasteiger partial charge in [-0.25, -0.2) is 0 Å². The van der Waals surface area contributed by atoms with Crippen LogP contribution in [0.15, 0.2) is 40.7 Å². The molecule has 0 amide bonds. The van der Waals surface area contributed by atoms with E-state index in [0.717, 1.165) is 23.7 Å². The minimum atomic E-state index is -0.985. The summed E-state index contributed by atoms with van der Waals surface area (Å²) in [5.41, 5.74) is 0.666. The summed E-state index contributed by atoms with van der Waals surface area (Å²) >= 11 is 1.51. The molecule has 0 bridgehead atoms. The number of phenolic OH excluding ortho intramolecular Hbond substituents is 1. The van der Waals surface area contributed by atoms with Gasteiger partial charge < -0.3 is 15.1 Å². The van der Waals surface area contributed by atoms with E-state index in [9.17, 15) is 10.2 Å². The Morgan fingerprint density at radius 3 is 2.57 bits per heavy atom. The van der Waals surface area contributed by atoms with E-state index in [2.05, 4.69) is 23.7 Å². The number of benzene rings is 1. The van der Waals surface area contributed by atoms with E-state index in [1.54, 1.807) is 19.2 Å². The number of rotatable bonds is 7. The number of anilines is 1. The summed E-state index contributed by atoms with van der Waals surface area (Å²) in [6.07, 6.45) is 1.61. The first-order valence-electron chi connectivity index (χ1n) is 7.82. The average molecular weight is 332 g/mol. The zero-order chi connectivity index (χ0) is 16.9. The minimum Gasteiger partial charge on any atom is -0.507 e. The first kappa shape index (κ1) is 17.5. The average Bonchev–Trinajstić information content (AvgIpc) is 3.06. The second-order valence-electron chi connectivity index (χ2n) is 5.64. The van der Waals surface area contributed by atoms with Gasteiger partial charge in [-0.05, 0) is 44.4 Å². The molecule has 0 saturated heterocycles. The molecule has 124 valence electrons. The van der Waals surface area contributed by atoms with E-state index in [1.165, 1.54) is 11.3 Å². The molecule has 2 rings (SSSR count). The van der Waals surface area contributed by atoms with Gasteiger partial charge in [0.1, 0.15) is 11.4 Å². The van der Waals surface area contributed by atoms with Crippen LogP contribution in [-0.4, -0.2) is 36.1 Å². The lowest BCUT2D eigenvalue weighted by molar-refractivity contribution is 0.0714. The molecule has 0 aliphatic carbocycles. The van der Waals surface area contributed by atoms with Gasteiger partial charge in [0.15, 0.2) is 0 Å². The molecule has 0 aliphatic heterocycles. The van der Waals surface area contributed by atoms with Crippen molar-refractivity contribution in [1.29, 1.82) is 0 Å². The van der Waals surface area contributed by atoms with Crippen LogP contribution in [-0.2, 0) is 5.60 Å². The normalized spacial score (nSPS) is 14.1. The van der Waals surface area contributed by atoms with Crippen LogP contribution in [0.25, 0.3) is 0 Å². The van der Waals surface area contributed by atoms with Crippen LogP contribution in [0, 0.1) is 0 Å². The highest BCUT2D eigenvalue weighted by Crippen LogP contribution is 2.26. The lowest BCUT2D eigenvalue weighted by Crippen LogP contribution is -2.23. The molecule has 0 fully saturated rings. The van der Waals surface area contributed by atoms with Crippen molar-refractivity contribution in [2.75, 3.05) is 24.5 Å². The van der Waals surface area contributed by atoms with E-state index in [4.69, 9.17) is 0 Å². The zero-order valence-electron chi connectivity index (χ0n) is 13.9. The highest BCUT2D eigenvalue weighted by Gasteiger charge is 2.23. The predicted octanol–water partition coefficient (Wildman–Crippen LogP) is 3.63. The number of aliphatic hydroxyl groups is 1. The Labute approximate surface area is 141 Å². The van der Waals surface area contributed by atoms with Crippen molar-refractivity contribution >= 4 is 23.2 Å². The Kier molecular flexibility index (Phi) is 5.80. The van der Waals surface area contributed by atoms with Crippen molar-refractivity contribution in [3.05, 3.63) is 46.2 Å². The maximum atomic E-state index is 10.4. The SMILES string of the molecule is CCN(CC)c1ccc(C=NCC(C)(O)c2cccs2)c(O)c1. The Morgan fingerprint density at radius 1 is 1.26 bits per heavy atom. The Hall–Kier alpha value is -1.85. The maximum Gasteiger partial charge on any atom is 0.126 e. The largest absolute Gasteiger partial charge is 0.507 e. The molecule has 0 radical (unpaired) electrons. The van der Waals surface area contributed by atoms with Crippen LogP contribution in [0.5, 0.6) is 5.75 Å². The van der Waals surface area contributed by atoms with Crippen molar-refractivity contribution in [2.45, 2.75) is 26.4 Å². The van der Waals surface area contributed by atoms with E-state index in [1.807, 2.05) is 29.6 Å². The number of hydrogen-bond donors (Lipinski definition) is 2. The summed E-state index contributed by atoms with van der Waals surface area (Å²) < 4.78 is 0. The molecule has 0 saturated carbocycles. The van der Waals surface area contributed by atoms with Crippen LogP contribution >= 0.6 is 11.3 Å². The highest BCUT2D eigenvalue weighted by molar-refractivity contribution is 7.10. The second kappa shape index (κ2) is 7.62. The standard InChI is InChI=1S/C18H24N2O2S/c1-4-20(5-2)15-9-8-14(16(21)11-15)12-19-13-18(3,22)17-7-6-10-23-17/h6-12,21-22H,4-5,13H2,1-3H3. The van der Waals surface area contributed by atoms with Crippen molar-refractivity contribution < 1.29 is 10.2 Å². The molecule has 4 nitrogen and oxygen atoms in total. The summed E-state index contributed by atoms with van der Waals surface area (Å²) in [7, 11) is 0. The van der Waals surface area contributed by atoms with Crippen LogP contribution in [0.4, 0.5) is 5.69 Å². The molecule has 2 aromatic rings. The number of thiophene rings is 1. The van der Waals surface area contributed by atoms with E-state index < -0.39 is 5.60 Å². The number of aliphatic imine (C=N–C) groups is 1. The molecule has 0 aliphatic rings. The van der Waals surface area contributed by atoms with Gasteiger partial charge >= 0.3 is 0 Å². The lowest BCUT2D eigenvalue weighted by atomic mass is 10.1. The third-order valence-electron chi connectivity index (χ3n) is 3.82. The van der Waals surface area contributed by atoms with Gasteiger partial charge in [-0.3, -0.25) is 4.99 Å². The predicted molar refractivity (Wildman–Crippen MR) is 98.0 cm³/mol. The van der Waals surface area contributed by atoms with Gasteiger partial charge in [-0.1, -0.05) is 6.07 Å². The number of aromatic hydroxyl groups is 1. The summed E-state index contributed by atoms with van der Waals surface area (Å²) in [6.45, 7) is 7.97. The zero-order valence-corrected chi connectivity index (χ0v) is 14.7. The van der Waals surface area contributed by atoms with E-state index in [-0.39, 0.29) is 12.3 Å². The quantitative estimate of drug-likeness (QED) is 0.761. The summed E-state index contributed by atoms with van der Waals surface area (Å²) in [5, 5.41) is 22.5. The second-order valence-corrected chi connectivity index (χ2v) is 6.58. The van der Waals surface area contributed by atoms with Gasteiger partial charge in [-0.15, -0.1) is 11.3 Å². The molecule has 1 unspecified atom stereocenters. The van der Waals surface area contributed by atoms with Gasteiger partial charge in [0, 0.05) is 41.5 Å². The third-order valence-corrected chi connectivity index (χ3v) is 4.95. The molecule has 1 heterocycles. The van der Waals surface area contributed by atoms with Crippen LogP contribution < -0.4 is 4.90 Å². The molecular formula is C18H24N2O2S. The van der Waals surface area contributed by atoms with Gasteiger partial charge in [0.2, 0.25) is 0 Å². The van der Waals surface area contributed by atoms with Crippen LogP contribution in [0.2, 0.25) is 0 Å². The van der Waals surface area contributed by atoms with E-state index in [0.29, 0.717) is 5.56 Å². The van der Waals surface area contributed by atoms with Crippen molar-refractivity contribution in [3.8, 4) is 5.75 Å². The van der Waals surface area contributed by atoms with Crippen molar-refractivity contribution in [1.82, 2.24) is 0 Å². The van der Waals surface area contributed by atoms with Crippen LogP contribution in [0.1, 0.15) is 31.2 Å². The summed E-state index contributed by atoms with van der Waals surface area (Å²) in [6, 6.07) is 9.40. The van der Waals surface area contributed by atoms with Crippen molar-refractivity contribution in [2.24, 2.45) is 4.99 Å². The molecule has 0 spiro atoms. The molecule has 1 aromatic heterocycles. The topological polar surface area (TPSA) is 56.1 Å². The Balaban J connectivity index is 2.08. The van der Waals surface area contributed by atoms with Gasteiger partial charge in [0.25, 0.3) is 0 Å². The van der Waals surface area contributed by atoms with Gasteiger partial charge in [0.05, 0.1) is 6.54 Å². The molecule has 1 atom stereocenters. The Morgan fingerprint density at radius 2 is 2.00 bits per heavy atom. The molecule has 2 N–H and O–H groups in total. The summed E-state index contributed by atoms with van der Waals surface area (Å²) in [4.78, 5) is 7.36. The fourth-order valence-electron chi connectivity index (χ4n) is 2.41. The molecular weight excluding hydrogens is 308 g/mol. The van der Waals surface area contributed by atoms with Crippen molar-refractivity contribution in [3.63, 3.8) is 0 Å². The molecule has 1 aromatic carbocycles. The van der Waals surface area contributed by atoms with E-state index >= 15 is 0 Å². The summed E-state index contributed by atoms with van der Waals surface area (Å²) in [5.74, 6) is 0.203. The number of phenols is 1. The highest BCUT2D eigenvalue weighted by atomic mass is 32.1. The van der Waals surface area contributed by atoms with Crippen LogP contribution in [0.3, 0.4) is 0 Å². The fraction of sp³-hybridized carbons (Fsp3) is 0.389. The maximum absolute atomic E-state index is 10.4. The number of nitrogens with zero attached hydrogens (tertiary/aromatic N) is 2. The minimum absolute atomic E-state index is 0.203. The first-order valence-corrected chi connectivity index (χ1v) is 8.70. The fourth-order valence-corrected chi connectivity index (χ4v) is 3.19. The third kappa shape index (κ3) is 4.33. The monoisotopic (exact) mass is 332 g/mol. The smallest absolute Gasteiger partial charge is 0.126 e. The molecule has 5 heteroatoms. The Bertz CT molecular complexity index is 647. The number of hydrogen-bond acceptors (Lipinski definition) is 5. The lowest BCUT2D eigenvalue weighted by Gasteiger charge is -2.21. The van der Waals surface area contributed by atoms with Gasteiger partial charge in [-0.2, -0.15) is 0 Å². The molecule has 23 heavy (non-hydrogen) atoms. The first-order chi connectivity index (χ1) is 11.0.